The molecule has 2 aromatic rings. The molecule has 106 valence electrons. The van der Waals surface area contributed by atoms with Gasteiger partial charge in [0.1, 0.15) is 0 Å². The van der Waals surface area contributed by atoms with Crippen molar-refractivity contribution >= 4 is 0 Å². The predicted octanol–water partition coefficient (Wildman–Crippen LogP) is 2.69. The van der Waals surface area contributed by atoms with Crippen molar-refractivity contribution in [2.24, 2.45) is 0 Å². The molecule has 1 N–H and O–H groups in total. The van der Waals surface area contributed by atoms with Gasteiger partial charge >= 0.3 is 0 Å². The van der Waals surface area contributed by atoms with Gasteiger partial charge in [-0.3, -0.25) is 0 Å². The molecule has 1 aromatic heterocycles. The maximum atomic E-state index is 5.58. The molecular formula is C16H21N3O. The van der Waals surface area contributed by atoms with Crippen LogP contribution in [-0.2, 0) is 6.42 Å². The number of aromatic nitrogens is 2. The fourth-order valence-corrected chi connectivity index (χ4v) is 1.91. The molecule has 0 spiro atoms. The van der Waals surface area contributed by atoms with Crippen LogP contribution < -0.4 is 10.1 Å². The summed E-state index contributed by atoms with van der Waals surface area (Å²) in [6.45, 7) is 3.76. The minimum Gasteiger partial charge on any atom is -0.490 e. The average molecular weight is 271 g/mol. The molecule has 1 heterocycles. The first-order valence-electron chi connectivity index (χ1n) is 7.02. The number of hydrogen-bond donors (Lipinski definition) is 1. The van der Waals surface area contributed by atoms with Gasteiger partial charge in [0.05, 0.1) is 19.0 Å². The monoisotopic (exact) mass is 271 g/mol. The Labute approximate surface area is 120 Å². The molecule has 0 bridgehead atoms. The van der Waals surface area contributed by atoms with Crippen molar-refractivity contribution in [1.29, 1.82) is 0 Å². The molecule has 0 unspecified atom stereocenters. The summed E-state index contributed by atoms with van der Waals surface area (Å²) in [5.74, 6) is 1.46. The topological polar surface area (TPSA) is 47.0 Å². The summed E-state index contributed by atoms with van der Waals surface area (Å²) in [5.41, 5.74) is 2.34. The van der Waals surface area contributed by atoms with Gasteiger partial charge in [-0.1, -0.05) is 25.1 Å². The zero-order chi connectivity index (χ0) is 14.2. The highest BCUT2D eigenvalue weighted by molar-refractivity contribution is 5.56. The van der Waals surface area contributed by atoms with Crippen LogP contribution in [0.4, 0.5) is 0 Å². The van der Waals surface area contributed by atoms with Crippen molar-refractivity contribution in [2.45, 2.75) is 19.8 Å². The van der Waals surface area contributed by atoms with E-state index in [-0.39, 0.29) is 0 Å². The van der Waals surface area contributed by atoms with E-state index in [9.17, 15) is 0 Å². The average Bonchev–Trinajstić information content (AvgIpc) is 2.52. The molecule has 0 saturated heterocycles. The van der Waals surface area contributed by atoms with Crippen LogP contribution in [-0.4, -0.2) is 30.2 Å². The Morgan fingerprint density at radius 1 is 1.20 bits per heavy atom. The summed E-state index contributed by atoms with van der Waals surface area (Å²) < 4.78 is 5.58. The number of benzene rings is 1. The Morgan fingerprint density at radius 3 is 2.70 bits per heavy atom. The predicted molar refractivity (Wildman–Crippen MR) is 80.9 cm³/mol. The summed E-state index contributed by atoms with van der Waals surface area (Å²) in [4.78, 5) is 8.74. The zero-order valence-corrected chi connectivity index (χ0v) is 12.1. The molecule has 0 aliphatic rings. The number of aryl methyl sites for hydroxylation is 1. The molecular weight excluding hydrogens is 250 g/mol. The first-order valence-corrected chi connectivity index (χ1v) is 7.02. The highest BCUT2D eigenvalue weighted by Gasteiger charge is 2.02. The molecule has 0 saturated carbocycles. The Balaban J connectivity index is 2.00. The van der Waals surface area contributed by atoms with E-state index < -0.39 is 0 Å². The van der Waals surface area contributed by atoms with Crippen molar-refractivity contribution < 1.29 is 4.74 Å². The molecule has 20 heavy (non-hydrogen) atoms. The molecule has 0 aliphatic carbocycles. The van der Waals surface area contributed by atoms with E-state index in [0.717, 1.165) is 36.5 Å². The lowest BCUT2D eigenvalue weighted by Crippen LogP contribution is -2.11. The van der Waals surface area contributed by atoms with E-state index in [0.29, 0.717) is 6.61 Å². The maximum absolute atomic E-state index is 5.58. The van der Waals surface area contributed by atoms with Crippen molar-refractivity contribution in [3.63, 3.8) is 0 Å². The van der Waals surface area contributed by atoms with Gasteiger partial charge in [0.25, 0.3) is 0 Å². The number of nitrogens with one attached hydrogen (secondary N) is 1. The Kier molecular flexibility index (Phi) is 5.50. The second-order valence-electron chi connectivity index (χ2n) is 4.60. The maximum Gasteiger partial charge on any atom is 0.159 e. The largest absolute Gasteiger partial charge is 0.490 e. The van der Waals surface area contributed by atoms with E-state index in [1.165, 1.54) is 5.56 Å². The normalized spacial score (nSPS) is 10.5. The van der Waals surface area contributed by atoms with Crippen LogP contribution in [0.5, 0.6) is 5.75 Å². The lowest BCUT2D eigenvalue weighted by atomic mass is 10.1. The summed E-state index contributed by atoms with van der Waals surface area (Å²) >= 11 is 0. The molecule has 4 heteroatoms. The Bertz CT molecular complexity index is 526. The highest BCUT2D eigenvalue weighted by Crippen LogP contribution is 2.18. The highest BCUT2D eigenvalue weighted by atomic mass is 16.5. The van der Waals surface area contributed by atoms with Crippen molar-refractivity contribution in [1.82, 2.24) is 15.3 Å². The number of ether oxygens (including phenoxy) is 1. The molecule has 0 amide bonds. The van der Waals surface area contributed by atoms with Crippen molar-refractivity contribution in [2.75, 3.05) is 20.2 Å². The van der Waals surface area contributed by atoms with E-state index in [1.807, 2.05) is 19.2 Å². The van der Waals surface area contributed by atoms with Gasteiger partial charge in [-0.2, -0.15) is 0 Å². The minimum atomic E-state index is 0.675. The fourth-order valence-electron chi connectivity index (χ4n) is 1.91. The summed E-state index contributed by atoms with van der Waals surface area (Å²) in [7, 11) is 1.93. The van der Waals surface area contributed by atoms with Crippen LogP contribution in [0.1, 0.15) is 18.9 Å². The summed E-state index contributed by atoms with van der Waals surface area (Å²) in [6, 6.07) is 8.31. The van der Waals surface area contributed by atoms with E-state index >= 15 is 0 Å². The van der Waals surface area contributed by atoms with Crippen molar-refractivity contribution in [3.8, 4) is 17.1 Å². The number of nitrogens with zero attached hydrogens (tertiary/aromatic N) is 2. The summed E-state index contributed by atoms with van der Waals surface area (Å²) in [5, 5.41) is 3.08. The van der Waals surface area contributed by atoms with Crippen LogP contribution >= 0.6 is 0 Å². The smallest absolute Gasteiger partial charge is 0.159 e. The van der Waals surface area contributed by atoms with Gasteiger partial charge in [0.15, 0.2) is 11.6 Å². The Hall–Kier alpha value is -1.94. The standard InChI is InChI=1S/C16H21N3O/c1-3-13-6-4-7-14(10-13)16-18-11-15(12-19-16)20-9-5-8-17-2/h4,6-7,10-12,17H,3,5,8-9H2,1-2H3. The van der Waals surface area contributed by atoms with Crippen LogP contribution in [0.15, 0.2) is 36.7 Å². The zero-order valence-electron chi connectivity index (χ0n) is 12.1. The van der Waals surface area contributed by atoms with E-state index in [4.69, 9.17) is 4.74 Å². The van der Waals surface area contributed by atoms with Gasteiger partial charge in [0.2, 0.25) is 0 Å². The number of rotatable bonds is 7. The molecule has 0 aliphatic heterocycles. The van der Waals surface area contributed by atoms with Gasteiger partial charge in [-0.05, 0) is 38.1 Å². The fraction of sp³-hybridized carbons (Fsp3) is 0.375. The molecule has 0 atom stereocenters. The van der Waals surface area contributed by atoms with Crippen molar-refractivity contribution in [3.05, 3.63) is 42.2 Å². The third-order valence-corrected chi connectivity index (χ3v) is 3.06. The molecule has 4 nitrogen and oxygen atoms in total. The lowest BCUT2D eigenvalue weighted by molar-refractivity contribution is 0.307. The first-order chi connectivity index (χ1) is 9.83. The third-order valence-electron chi connectivity index (χ3n) is 3.06. The van der Waals surface area contributed by atoms with Gasteiger partial charge in [-0.15, -0.1) is 0 Å². The van der Waals surface area contributed by atoms with Crippen LogP contribution in [0.3, 0.4) is 0 Å². The molecule has 1 aromatic carbocycles. The second kappa shape index (κ2) is 7.60. The molecule has 0 radical (unpaired) electrons. The van der Waals surface area contributed by atoms with Gasteiger partial charge < -0.3 is 10.1 Å². The quantitative estimate of drug-likeness (QED) is 0.787. The Morgan fingerprint density at radius 2 is 2.00 bits per heavy atom. The number of hydrogen-bond acceptors (Lipinski definition) is 4. The SMILES string of the molecule is CCc1cccc(-c2ncc(OCCCNC)cn2)c1. The van der Waals surface area contributed by atoms with Gasteiger partial charge in [-0.25, -0.2) is 9.97 Å². The van der Waals surface area contributed by atoms with E-state index in [2.05, 4.69) is 34.3 Å². The second-order valence-corrected chi connectivity index (χ2v) is 4.60. The van der Waals surface area contributed by atoms with E-state index in [1.54, 1.807) is 12.4 Å². The van der Waals surface area contributed by atoms with Gasteiger partial charge in [0, 0.05) is 5.56 Å². The minimum absolute atomic E-state index is 0.675. The summed E-state index contributed by atoms with van der Waals surface area (Å²) in [6.07, 6.45) is 5.46. The van der Waals surface area contributed by atoms with Crippen LogP contribution in [0.25, 0.3) is 11.4 Å². The van der Waals surface area contributed by atoms with Crippen LogP contribution in [0.2, 0.25) is 0 Å². The van der Waals surface area contributed by atoms with Crippen LogP contribution in [0, 0.1) is 0 Å². The first kappa shape index (κ1) is 14.5. The third kappa shape index (κ3) is 4.03. The molecule has 0 fully saturated rings. The molecule has 2 rings (SSSR count). The lowest BCUT2D eigenvalue weighted by Gasteiger charge is -2.06.